The number of nitrogens with one attached hydrogen (secondary N) is 1. The van der Waals surface area contributed by atoms with Crippen molar-refractivity contribution < 1.29 is 14.1 Å². The molecule has 2 aromatic carbocycles. The lowest BCUT2D eigenvalue weighted by Gasteiger charge is -2.04. The van der Waals surface area contributed by atoms with E-state index < -0.39 is 10.8 Å². The van der Waals surface area contributed by atoms with Crippen LogP contribution in [0.3, 0.4) is 0 Å². The lowest BCUT2D eigenvalue weighted by molar-refractivity contribution is -0.384. The summed E-state index contributed by atoms with van der Waals surface area (Å²) in [5, 5.41) is 14.1. The van der Waals surface area contributed by atoms with Gasteiger partial charge in [0.25, 0.3) is 5.69 Å². The second-order valence-corrected chi connectivity index (χ2v) is 6.74. The van der Waals surface area contributed by atoms with Crippen molar-refractivity contribution in [1.82, 2.24) is 0 Å². The predicted molar refractivity (Wildman–Crippen MR) is 110 cm³/mol. The van der Waals surface area contributed by atoms with Crippen molar-refractivity contribution in [2.45, 2.75) is 0 Å². The number of hydrogen-bond donors (Lipinski definition) is 1. The molecule has 9 heteroatoms. The van der Waals surface area contributed by atoms with Crippen molar-refractivity contribution in [2.75, 3.05) is 5.32 Å². The molecule has 0 aliphatic heterocycles. The Hall–Kier alpha value is -2.80. The minimum atomic E-state index is -0.571. The minimum Gasteiger partial charge on any atom is -0.457 e. The summed E-state index contributed by atoms with van der Waals surface area (Å²) < 4.78 is 5.66. The average Bonchev–Trinajstić information content (AvgIpc) is 3.12. The number of hydrogen-bond acceptors (Lipinski definition) is 4. The summed E-state index contributed by atoms with van der Waals surface area (Å²) in [6.45, 7) is 0. The lowest BCUT2D eigenvalue weighted by atomic mass is 10.2. The van der Waals surface area contributed by atoms with Crippen LogP contribution in [0.5, 0.6) is 0 Å². The third-order valence-corrected chi connectivity index (χ3v) is 4.80. The van der Waals surface area contributed by atoms with Gasteiger partial charge in [-0.2, -0.15) is 0 Å². The monoisotopic (exact) mass is 436 g/mol. The number of benzene rings is 2. The van der Waals surface area contributed by atoms with E-state index in [9.17, 15) is 14.9 Å². The van der Waals surface area contributed by atoms with Crippen molar-refractivity contribution in [3.63, 3.8) is 0 Å². The van der Waals surface area contributed by atoms with Gasteiger partial charge in [-0.25, -0.2) is 0 Å². The molecule has 1 N–H and O–H groups in total. The zero-order chi connectivity index (χ0) is 20.3. The summed E-state index contributed by atoms with van der Waals surface area (Å²) in [5.74, 6) is 0.455. The fraction of sp³-hybridized carbons (Fsp3) is 0. The van der Waals surface area contributed by atoms with Crippen LogP contribution in [0.15, 0.2) is 59.0 Å². The number of halogens is 3. The number of carbonyl (C=O) groups excluding carboxylic acids is 1. The van der Waals surface area contributed by atoms with Crippen molar-refractivity contribution in [3.8, 4) is 11.3 Å². The highest BCUT2D eigenvalue weighted by Crippen LogP contribution is 2.34. The smallest absolute Gasteiger partial charge is 0.271 e. The van der Waals surface area contributed by atoms with Gasteiger partial charge in [0.05, 0.1) is 25.7 Å². The Labute approximate surface area is 174 Å². The molecule has 0 atom stereocenters. The Morgan fingerprint density at radius 1 is 1.07 bits per heavy atom. The summed E-state index contributed by atoms with van der Waals surface area (Å²) in [6.07, 6.45) is 2.72. The molecule has 0 unspecified atom stereocenters. The number of nitro benzene ring substituents is 1. The number of anilines is 1. The normalized spacial score (nSPS) is 11.0. The molecular formula is C19H11Cl3N2O4. The van der Waals surface area contributed by atoms with Gasteiger partial charge in [-0.05, 0) is 36.4 Å². The Bertz CT molecular complexity index is 1090. The van der Waals surface area contributed by atoms with E-state index in [2.05, 4.69) is 5.32 Å². The van der Waals surface area contributed by atoms with E-state index >= 15 is 0 Å². The highest BCUT2D eigenvalue weighted by atomic mass is 35.5. The molecule has 142 valence electrons. The third kappa shape index (κ3) is 4.54. The van der Waals surface area contributed by atoms with E-state index in [0.717, 1.165) is 6.07 Å². The first-order chi connectivity index (χ1) is 13.3. The zero-order valence-electron chi connectivity index (χ0n) is 14.0. The van der Waals surface area contributed by atoms with Crippen molar-refractivity contribution in [2.24, 2.45) is 0 Å². The Morgan fingerprint density at radius 3 is 2.57 bits per heavy atom. The number of carbonyl (C=O) groups is 1. The van der Waals surface area contributed by atoms with Gasteiger partial charge in [0.2, 0.25) is 5.91 Å². The van der Waals surface area contributed by atoms with Gasteiger partial charge in [-0.3, -0.25) is 14.9 Å². The number of furan rings is 1. The zero-order valence-corrected chi connectivity index (χ0v) is 16.3. The largest absolute Gasteiger partial charge is 0.457 e. The van der Waals surface area contributed by atoms with Crippen LogP contribution >= 0.6 is 34.8 Å². The van der Waals surface area contributed by atoms with E-state index in [1.807, 2.05) is 0 Å². The Balaban J connectivity index is 1.71. The highest BCUT2D eigenvalue weighted by molar-refractivity contribution is 6.43. The van der Waals surface area contributed by atoms with Gasteiger partial charge in [-0.1, -0.05) is 40.9 Å². The summed E-state index contributed by atoms with van der Waals surface area (Å²) in [7, 11) is 0. The maximum atomic E-state index is 12.1. The average molecular weight is 438 g/mol. The summed E-state index contributed by atoms with van der Waals surface area (Å²) >= 11 is 18.1. The van der Waals surface area contributed by atoms with Crippen LogP contribution in [0.2, 0.25) is 15.1 Å². The molecule has 0 spiro atoms. The van der Waals surface area contributed by atoms with Gasteiger partial charge < -0.3 is 9.73 Å². The fourth-order valence-corrected chi connectivity index (χ4v) is 2.95. The molecule has 1 amide bonds. The minimum absolute atomic E-state index is 0.0619. The summed E-state index contributed by atoms with van der Waals surface area (Å²) in [4.78, 5) is 22.2. The van der Waals surface area contributed by atoms with E-state index in [0.29, 0.717) is 27.1 Å². The van der Waals surface area contributed by atoms with Crippen molar-refractivity contribution in [1.29, 1.82) is 0 Å². The van der Waals surface area contributed by atoms with Crippen LogP contribution in [-0.2, 0) is 4.79 Å². The molecule has 6 nitrogen and oxygen atoms in total. The van der Waals surface area contributed by atoms with Gasteiger partial charge in [0.1, 0.15) is 11.5 Å². The maximum Gasteiger partial charge on any atom is 0.271 e. The van der Waals surface area contributed by atoms with Crippen LogP contribution in [0.1, 0.15) is 5.76 Å². The maximum absolute atomic E-state index is 12.1. The van der Waals surface area contributed by atoms with E-state index in [1.165, 1.54) is 24.3 Å². The first-order valence-corrected chi connectivity index (χ1v) is 8.96. The van der Waals surface area contributed by atoms with Crippen LogP contribution in [-0.4, -0.2) is 10.8 Å². The summed E-state index contributed by atoms with van der Waals surface area (Å²) in [6, 6.07) is 12.3. The predicted octanol–water partition coefficient (Wildman–Crippen LogP) is 6.47. The summed E-state index contributed by atoms with van der Waals surface area (Å²) in [5.41, 5.74) is 0.727. The van der Waals surface area contributed by atoms with Gasteiger partial charge in [0, 0.05) is 23.8 Å². The molecule has 0 saturated heterocycles. The lowest BCUT2D eigenvalue weighted by Crippen LogP contribution is -2.08. The highest BCUT2D eigenvalue weighted by Gasteiger charge is 2.12. The molecule has 0 saturated carbocycles. The van der Waals surface area contributed by atoms with Crippen LogP contribution in [0, 0.1) is 10.1 Å². The molecule has 3 rings (SSSR count). The number of nitro groups is 1. The van der Waals surface area contributed by atoms with Crippen LogP contribution in [0.25, 0.3) is 17.4 Å². The molecule has 0 fully saturated rings. The van der Waals surface area contributed by atoms with Gasteiger partial charge >= 0.3 is 0 Å². The SMILES string of the molecule is O=C(C=Cc1ccc(-c2cccc(Cl)c2Cl)o1)Nc1ccc([N+](=O)[O-])cc1Cl. The molecular weight excluding hydrogens is 427 g/mol. The first-order valence-electron chi connectivity index (χ1n) is 7.82. The Morgan fingerprint density at radius 2 is 1.86 bits per heavy atom. The van der Waals surface area contributed by atoms with E-state index in [-0.39, 0.29) is 16.4 Å². The molecule has 3 aromatic rings. The molecule has 0 bridgehead atoms. The number of non-ortho nitro benzene ring substituents is 1. The molecule has 0 aliphatic carbocycles. The van der Waals surface area contributed by atoms with Crippen LogP contribution in [0.4, 0.5) is 11.4 Å². The van der Waals surface area contributed by atoms with E-state index in [4.69, 9.17) is 39.2 Å². The number of nitrogens with zero attached hydrogens (tertiary/aromatic N) is 1. The van der Waals surface area contributed by atoms with Gasteiger partial charge in [-0.15, -0.1) is 0 Å². The molecule has 0 radical (unpaired) electrons. The standard InChI is InChI=1S/C19H11Cl3N2O4/c20-14-3-1-2-13(19(14)22)17-8-5-12(28-17)6-9-18(25)23-16-7-4-11(24(26)27)10-15(16)21/h1-10H,(H,23,25). The topological polar surface area (TPSA) is 85.4 Å². The molecule has 0 aliphatic rings. The number of amides is 1. The first kappa shape index (κ1) is 19.9. The van der Waals surface area contributed by atoms with Crippen molar-refractivity contribution >= 4 is 58.2 Å². The molecule has 28 heavy (non-hydrogen) atoms. The van der Waals surface area contributed by atoms with Gasteiger partial charge in [0.15, 0.2) is 0 Å². The van der Waals surface area contributed by atoms with E-state index in [1.54, 1.807) is 30.3 Å². The Kier molecular flexibility index (Phi) is 6.04. The quantitative estimate of drug-likeness (QED) is 0.282. The van der Waals surface area contributed by atoms with Crippen LogP contribution < -0.4 is 5.32 Å². The second kappa shape index (κ2) is 8.48. The number of rotatable bonds is 5. The molecule has 1 aromatic heterocycles. The van der Waals surface area contributed by atoms with Crippen molar-refractivity contribution in [3.05, 3.63) is 85.5 Å². The fourth-order valence-electron chi connectivity index (χ4n) is 2.33. The second-order valence-electron chi connectivity index (χ2n) is 5.55. The third-order valence-electron chi connectivity index (χ3n) is 3.66. The molecule has 1 heterocycles.